The van der Waals surface area contributed by atoms with Crippen LogP contribution in [0.4, 0.5) is 0 Å². The van der Waals surface area contributed by atoms with Gasteiger partial charge in [-0.05, 0) is 13.0 Å². The molecular weight excluding hydrogens is 326 g/mol. The molecule has 1 N–H and O–H groups in total. The Morgan fingerprint density at radius 3 is 2.96 bits per heavy atom. The van der Waals surface area contributed by atoms with Crippen LogP contribution in [0.2, 0.25) is 0 Å². The molecular formula is C17H17N3O3S. The van der Waals surface area contributed by atoms with Crippen LogP contribution in [0, 0.1) is 0 Å². The molecule has 0 saturated heterocycles. The zero-order chi connectivity index (χ0) is 17.3. The smallest absolute Gasteiger partial charge is 0.318 e. The van der Waals surface area contributed by atoms with Crippen molar-refractivity contribution in [2.45, 2.75) is 23.9 Å². The van der Waals surface area contributed by atoms with Crippen LogP contribution in [0.1, 0.15) is 6.92 Å². The SMILES string of the molecule is C=CCn1c(S[C@@H](C)C(=O)OC)nc2c([nH]c3ccccc32)c1=O. The number of fused-ring (bicyclic) bond motifs is 3. The van der Waals surface area contributed by atoms with Crippen molar-refractivity contribution in [1.82, 2.24) is 14.5 Å². The number of nitrogens with one attached hydrogen (secondary N) is 1. The van der Waals surface area contributed by atoms with Crippen molar-refractivity contribution in [1.29, 1.82) is 0 Å². The third-order valence-corrected chi connectivity index (χ3v) is 4.77. The minimum Gasteiger partial charge on any atom is -0.468 e. The monoisotopic (exact) mass is 343 g/mol. The fourth-order valence-corrected chi connectivity index (χ4v) is 3.47. The number of benzene rings is 1. The number of carbonyl (C=O) groups is 1. The van der Waals surface area contributed by atoms with E-state index in [1.807, 2.05) is 24.3 Å². The van der Waals surface area contributed by atoms with Crippen molar-refractivity contribution in [3.63, 3.8) is 0 Å². The molecule has 0 bridgehead atoms. The van der Waals surface area contributed by atoms with Gasteiger partial charge in [0.2, 0.25) is 0 Å². The Hall–Kier alpha value is -2.54. The number of methoxy groups -OCH3 is 1. The molecule has 0 amide bonds. The van der Waals surface area contributed by atoms with Crippen LogP contribution in [0.25, 0.3) is 21.9 Å². The van der Waals surface area contributed by atoms with Gasteiger partial charge in [0.15, 0.2) is 5.16 Å². The summed E-state index contributed by atoms with van der Waals surface area (Å²) in [6, 6.07) is 7.61. The summed E-state index contributed by atoms with van der Waals surface area (Å²) in [4.78, 5) is 32.3. The third kappa shape index (κ3) is 2.71. The van der Waals surface area contributed by atoms with E-state index in [9.17, 15) is 9.59 Å². The molecule has 124 valence electrons. The van der Waals surface area contributed by atoms with Crippen LogP contribution < -0.4 is 5.56 Å². The fraction of sp³-hybridized carbons (Fsp3) is 0.235. The number of aromatic nitrogens is 3. The van der Waals surface area contributed by atoms with Gasteiger partial charge in [-0.2, -0.15) is 0 Å². The van der Waals surface area contributed by atoms with Crippen LogP contribution in [0.5, 0.6) is 0 Å². The molecule has 3 rings (SSSR count). The summed E-state index contributed by atoms with van der Waals surface area (Å²) in [5.41, 5.74) is 1.73. The van der Waals surface area contributed by atoms with Crippen molar-refractivity contribution >= 4 is 39.7 Å². The van der Waals surface area contributed by atoms with E-state index >= 15 is 0 Å². The highest BCUT2D eigenvalue weighted by Gasteiger charge is 2.20. The molecule has 1 atom stereocenters. The Morgan fingerprint density at radius 1 is 1.50 bits per heavy atom. The predicted molar refractivity (Wildman–Crippen MR) is 95.4 cm³/mol. The summed E-state index contributed by atoms with van der Waals surface area (Å²) < 4.78 is 6.26. The van der Waals surface area contributed by atoms with Crippen molar-refractivity contribution in [3.05, 3.63) is 47.3 Å². The quantitative estimate of drug-likeness (QED) is 0.334. The summed E-state index contributed by atoms with van der Waals surface area (Å²) in [6.07, 6.45) is 1.63. The van der Waals surface area contributed by atoms with Crippen molar-refractivity contribution in [2.24, 2.45) is 0 Å². The van der Waals surface area contributed by atoms with E-state index in [0.717, 1.165) is 10.9 Å². The highest BCUT2D eigenvalue weighted by molar-refractivity contribution is 8.00. The number of rotatable bonds is 5. The molecule has 7 heteroatoms. The molecule has 0 aliphatic heterocycles. The summed E-state index contributed by atoms with van der Waals surface area (Å²) in [5, 5.41) is 0.874. The van der Waals surface area contributed by atoms with Gasteiger partial charge in [0.25, 0.3) is 5.56 Å². The zero-order valence-corrected chi connectivity index (χ0v) is 14.2. The molecule has 1 aromatic carbocycles. The Kier molecular flexibility index (Phi) is 4.44. The first-order chi connectivity index (χ1) is 11.6. The lowest BCUT2D eigenvalue weighted by atomic mass is 10.2. The molecule has 2 aromatic heterocycles. The first kappa shape index (κ1) is 16.3. The third-order valence-electron chi connectivity index (χ3n) is 3.70. The molecule has 0 aliphatic carbocycles. The minimum absolute atomic E-state index is 0.185. The molecule has 0 radical (unpaired) electrons. The van der Waals surface area contributed by atoms with Gasteiger partial charge >= 0.3 is 5.97 Å². The van der Waals surface area contributed by atoms with E-state index in [1.54, 1.807) is 13.0 Å². The standard InChI is InChI=1S/C17H17N3O3S/c1-4-9-20-15(21)14-13(11-7-5-6-8-12(11)18-14)19-17(20)24-10(2)16(22)23-3/h4-8,10,18H,1,9H2,2-3H3/t10-/m0/s1. The highest BCUT2D eigenvalue weighted by Crippen LogP contribution is 2.26. The Balaban J connectivity index is 2.24. The van der Waals surface area contributed by atoms with Crippen LogP contribution in [-0.4, -0.2) is 32.9 Å². The van der Waals surface area contributed by atoms with Crippen LogP contribution >= 0.6 is 11.8 Å². The number of aromatic amines is 1. The number of para-hydroxylation sites is 1. The molecule has 3 aromatic rings. The zero-order valence-electron chi connectivity index (χ0n) is 13.4. The largest absolute Gasteiger partial charge is 0.468 e. The fourth-order valence-electron chi connectivity index (χ4n) is 2.53. The molecule has 0 unspecified atom stereocenters. The van der Waals surface area contributed by atoms with Gasteiger partial charge < -0.3 is 9.72 Å². The summed E-state index contributed by atoms with van der Waals surface area (Å²) >= 11 is 1.20. The van der Waals surface area contributed by atoms with Gasteiger partial charge in [-0.1, -0.05) is 36.0 Å². The Morgan fingerprint density at radius 2 is 2.25 bits per heavy atom. The van der Waals surface area contributed by atoms with Gasteiger partial charge in [-0.3, -0.25) is 14.2 Å². The molecule has 0 spiro atoms. The minimum atomic E-state index is -0.472. The number of allylic oxidation sites excluding steroid dienone is 1. The second kappa shape index (κ2) is 6.52. The normalized spacial score (nSPS) is 12.4. The van der Waals surface area contributed by atoms with Crippen molar-refractivity contribution in [2.75, 3.05) is 7.11 Å². The van der Waals surface area contributed by atoms with Gasteiger partial charge in [0.1, 0.15) is 16.3 Å². The van der Waals surface area contributed by atoms with Crippen molar-refractivity contribution in [3.8, 4) is 0 Å². The second-order valence-electron chi connectivity index (χ2n) is 5.28. The lowest BCUT2D eigenvalue weighted by Crippen LogP contribution is -2.24. The van der Waals surface area contributed by atoms with Crippen LogP contribution in [0.15, 0.2) is 46.9 Å². The van der Waals surface area contributed by atoms with E-state index < -0.39 is 5.25 Å². The number of ether oxygens (including phenoxy) is 1. The molecule has 24 heavy (non-hydrogen) atoms. The maximum atomic E-state index is 12.8. The van der Waals surface area contributed by atoms with Gasteiger partial charge in [0, 0.05) is 17.4 Å². The second-order valence-corrected chi connectivity index (χ2v) is 6.58. The summed E-state index contributed by atoms with van der Waals surface area (Å²) in [7, 11) is 1.34. The molecule has 0 aliphatic rings. The molecule has 0 fully saturated rings. The lowest BCUT2D eigenvalue weighted by molar-refractivity contribution is -0.139. The van der Waals surface area contributed by atoms with E-state index in [0.29, 0.717) is 22.7 Å². The van der Waals surface area contributed by atoms with E-state index in [4.69, 9.17) is 4.74 Å². The topological polar surface area (TPSA) is 77.0 Å². The number of hydrogen-bond acceptors (Lipinski definition) is 5. The van der Waals surface area contributed by atoms with E-state index in [2.05, 4.69) is 16.5 Å². The number of nitrogens with zero attached hydrogens (tertiary/aromatic N) is 2. The maximum absolute atomic E-state index is 12.8. The molecule has 0 saturated carbocycles. The van der Waals surface area contributed by atoms with Crippen LogP contribution in [0.3, 0.4) is 0 Å². The highest BCUT2D eigenvalue weighted by atomic mass is 32.2. The molecule has 6 nitrogen and oxygen atoms in total. The summed E-state index contributed by atoms with van der Waals surface area (Å²) in [6.45, 7) is 5.73. The average molecular weight is 343 g/mol. The van der Waals surface area contributed by atoms with Gasteiger partial charge in [-0.15, -0.1) is 6.58 Å². The number of thioether (sulfide) groups is 1. The molecule has 2 heterocycles. The van der Waals surface area contributed by atoms with Crippen molar-refractivity contribution < 1.29 is 9.53 Å². The van der Waals surface area contributed by atoms with Crippen LogP contribution in [-0.2, 0) is 16.1 Å². The Bertz CT molecular complexity index is 990. The number of esters is 1. The first-order valence-corrected chi connectivity index (χ1v) is 8.31. The number of carbonyl (C=O) groups excluding carboxylic acids is 1. The van der Waals surface area contributed by atoms with Gasteiger partial charge in [-0.25, -0.2) is 4.98 Å². The Labute approximate surface area is 142 Å². The summed E-state index contributed by atoms with van der Waals surface area (Å²) in [5.74, 6) is -0.363. The number of hydrogen-bond donors (Lipinski definition) is 1. The maximum Gasteiger partial charge on any atom is 0.318 e. The van der Waals surface area contributed by atoms with E-state index in [-0.39, 0.29) is 11.5 Å². The lowest BCUT2D eigenvalue weighted by Gasteiger charge is -2.13. The first-order valence-electron chi connectivity index (χ1n) is 7.43. The van der Waals surface area contributed by atoms with E-state index in [1.165, 1.54) is 23.4 Å². The average Bonchev–Trinajstić information content (AvgIpc) is 2.96. The van der Waals surface area contributed by atoms with Gasteiger partial charge in [0.05, 0.1) is 7.11 Å². The predicted octanol–water partition coefficient (Wildman–Crippen LogP) is 2.72. The number of H-pyrrole nitrogens is 1.